The molecule has 38 nitrogen and oxygen atoms in total. The predicted octanol–water partition coefficient (Wildman–Crippen LogP) is 6.03. The first-order valence-corrected chi connectivity index (χ1v) is 54.5. The number of carbonyl (C=O) groups excluding carboxylic acids is 5. The Hall–Kier alpha value is -7.92. The van der Waals surface area contributed by atoms with Crippen LogP contribution in [-0.4, -0.2) is 337 Å². The number of aliphatic carboxylic acids is 1. The summed E-state index contributed by atoms with van der Waals surface area (Å²) in [5.74, 6) is -8.87. The van der Waals surface area contributed by atoms with Crippen molar-refractivity contribution in [2.45, 2.75) is 420 Å². The number of ether oxygens (including phenoxy) is 9. The van der Waals surface area contributed by atoms with Crippen LogP contribution in [0.4, 0.5) is 5.69 Å². The second-order valence-corrected chi connectivity index (χ2v) is 42.6. The quantitative estimate of drug-likeness (QED) is 0.0104. The molecule has 0 unspecified atom stereocenters. The zero-order valence-electron chi connectivity index (χ0n) is 86.9. The molecule has 17 N–H and O–H groups in total. The van der Waals surface area contributed by atoms with Gasteiger partial charge in [0.15, 0.2) is 24.4 Å². The second-order valence-electron chi connectivity index (χ2n) is 41.2. The predicted molar refractivity (Wildman–Crippen MR) is 543 cm³/mol. The lowest BCUT2D eigenvalue weighted by Gasteiger charge is -2.52. The molecule has 4 fully saturated rings. The number of hydrogen-bond donors (Lipinski definition) is 17. The summed E-state index contributed by atoms with van der Waals surface area (Å²) in [6, 6.07) is 9.70. The highest BCUT2D eigenvalue weighted by Crippen LogP contribution is 2.49. The highest BCUT2D eigenvalue weighted by atomic mass is 32.2. The van der Waals surface area contributed by atoms with E-state index in [2.05, 4.69) is 71.4 Å². The number of likely N-dealkylation sites (N-methyl/N-ethyl adjacent to an activating group) is 2. The number of benzene rings is 3. The number of aliphatic hydroxyl groups is 12. The molecule has 0 aliphatic carbocycles. The Kier molecular flexibility index (Phi) is 46.8. The van der Waals surface area contributed by atoms with Crippen LogP contribution in [0.3, 0.4) is 0 Å². The number of carbonyl (C=O) groups is 6. The maximum absolute atomic E-state index is 15.2. The van der Waals surface area contributed by atoms with Crippen molar-refractivity contribution in [1.82, 2.24) is 30.7 Å². The number of unbranched alkanes of at least 4 members (excludes halogenated alkanes) is 25. The second kappa shape index (κ2) is 57.0. The standard InChI is InChI=1S/C107H165N7O31S/c1-12-16-18-20-22-24-26-28-29-31-33-35-37-39-41-48-86(124)111-74(77(120)47-40-38-36-34-32-30-27-25-23-21-19-17-13-2)63-137-102-94(129)93(128)96(83(61-116)140-102)142-103-95(130)99(97(84(62-117)141-103)143-101-89(110-66(6)119)92(127)91(126)82(60-115)139-101)145-107(104(132)133)58-78(121)88(109-65(5)118)98(144-107)90(125)79(122)59-108-85(123)49-44-52-112(11)100(131)70-46-43-42-45-69(70)87-72-53-67-50-51-105(7,8)113(14-3)75(67)55-80(72)138-81-56-76-71(54-73(81)87)68(64-146(134,135)136)57-106(9,10)114(76)15-4/h40,42-43,45-47,50-51,53-57,74,77-79,82-84,88-99,101-103,115-117,120-122,125-130H,12-39,41,44,48-49,52,58-64H2,1-11H3,(H5-,108,109,110,111,118,119,123,124,132,133,134,135,136)/b47-40+/t74-,77+,78-,79+,82+,83+,84+,88+,89+,90+,91-,92+,93+,94+,95+,96+,97-,98+,99+,101-,102+,103-,107-/m0/s1. The van der Waals surface area contributed by atoms with Gasteiger partial charge in [0.2, 0.25) is 29.0 Å². The molecule has 3 aromatic carbocycles. The van der Waals surface area contributed by atoms with Gasteiger partial charge in [0, 0.05) is 118 Å². The normalized spacial score (nSPS) is 27.1. The van der Waals surface area contributed by atoms with E-state index >= 15 is 4.79 Å². The van der Waals surface area contributed by atoms with E-state index in [4.69, 9.17) is 42.6 Å². The number of nitrogens with one attached hydrogen (secondary N) is 4. The molecule has 0 spiro atoms. The molecule has 5 amide bonds. The lowest BCUT2D eigenvalue weighted by Crippen LogP contribution is -2.72. The molecule has 10 rings (SSSR count). The van der Waals surface area contributed by atoms with Gasteiger partial charge < -0.3 is 145 Å². The van der Waals surface area contributed by atoms with E-state index in [0.717, 1.165) is 82.6 Å². The fourth-order valence-electron chi connectivity index (χ4n) is 21.0. The van der Waals surface area contributed by atoms with Gasteiger partial charge in [-0.05, 0) is 94.9 Å². The number of rotatable bonds is 60. The van der Waals surface area contributed by atoms with E-state index in [-0.39, 0.29) is 42.8 Å². The van der Waals surface area contributed by atoms with Crippen molar-refractivity contribution in [3.05, 3.63) is 111 Å². The monoisotopic (exact) mass is 2080 g/mol. The molecule has 0 saturated carbocycles. The zero-order valence-corrected chi connectivity index (χ0v) is 87.7. The van der Waals surface area contributed by atoms with Gasteiger partial charge in [0.05, 0.1) is 84.3 Å². The average molecular weight is 2080 g/mol. The van der Waals surface area contributed by atoms with E-state index < -0.39 is 231 Å². The van der Waals surface area contributed by atoms with Crippen LogP contribution in [0, 0.1) is 0 Å². The Morgan fingerprint density at radius 2 is 1.18 bits per heavy atom. The van der Waals surface area contributed by atoms with Gasteiger partial charge in [-0.25, -0.2) is 17.8 Å². The summed E-state index contributed by atoms with van der Waals surface area (Å²) in [4.78, 5) is 86.6. The molecule has 4 saturated heterocycles. The van der Waals surface area contributed by atoms with Crippen LogP contribution in [0.5, 0.6) is 11.5 Å². The van der Waals surface area contributed by atoms with Crippen molar-refractivity contribution in [2.75, 3.05) is 70.3 Å². The van der Waals surface area contributed by atoms with Crippen molar-refractivity contribution in [3.63, 3.8) is 0 Å². The van der Waals surface area contributed by atoms with E-state index in [1.807, 2.05) is 51.1 Å². The zero-order chi connectivity index (χ0) is 106. The number of aliphatic hydroxyl groups excluding tert-OH is 12. The Labute approximate surface area is 858 Å². The number of allylic oxidation sites excluding steroid dienone is 1. The molecule has 3 aromatic rings. The Morgan fingerprint density at radius 1 is 0.623 bits per heavy atom. The van der Waals surface area contributed by atoms with Crippen LogP contribution in [0.25, 0.3) is 17.2 Å². The van der Waals surface area contributed by atoms with Gasteiger partial charge in [-0.15, -0.1) is 0 Å². The van der Waals surface area contributed by atoms with Crippen LogP contribution in [0.15, 0.2) is 72.8 Å². The highest BCUT2D eigenvalue weighted by molar-refractivity contribution is 7.86. The molecule has 7 aliphatic heterocycles. The number of amides is 5. The fraction of sp³-hybridized carbons (Fsp3) is 0.710. The van der Waals surface area contributed by atoms with Crippen molar-refractivity contribution in [1.29, 1.82) is 0 Å². The van der Waals surface area contributed by atoms with E-state index in [0.29, 0.717) is 76.2 Å². The van der Waals surface area contributed by atoms with E-state index in [9.17, 15) is 103 Å². The molecule has 0 bridgehead atoms. The molecule has 0 aromatic heterocycles. The number of anilines is 1. The first-order chi connectivity index (χ1) is 69.6. The van der Waals surface area contributed by atoms with E-state index in [1.165, 1.54) is 115 Å². The van der Waals surface area contributed by atoms with Crippen molar-refractivity contribution >= 4 is 68.5 Å². The lowest BCUT2D eigenvalue weighted by atomic mass is 9.83. The van der Waals surface area contributed by atoms with Crippen LogP contribution in [-0.2, 0) is 72.0 Å². The number of fused-ring (bicyclic) bond motifs is 4. The number of carboxylic acids is 1. The summed E-state index contributed by atoms with van der Waals surface area (Å²) in [5.41, 5.74) is 2.90. The molecular weight excluding hydrogens is 1910 g/mol. The van der Waals surface area contributed by atoms with Crippen LogP contribution >= 0.6 is 0 Å². The molecule has 7 aliphatic rings. The minimum atomic E-state index is -4.81. The summed E-state index contributed by atoms with van der Waals surface area (Å²) in [6.07, 6.45) is -1.53. The van der Waals surface area contributed by atoms with Crippen LogP contribution in [0.2, 0.25) is 0 Å². The lowest BCUT2D eigenvalue weighted by molar-refractivity contribution is -0.400. The summed E-state index contributed by atoms with van der Waals surface area (Å²) < 4.78 is 96.4. The Bertz CT molecular complexity index is 5080. The first-order valence-electron chi connectivity index (χ1n) is 53.0. The smallest absolute Gasteiger partial charge is 0.364 e. The summed E-state index contributed by atoms with van der Waals surface area (Å²) >= 11 is 0. The molecule has 820 valence electrons. The first kappa shape index (κ1) is 120. The third kappa shape index (κ3) is 32.1. The van der Waals surface area contributed by atoms with Crippen molar-refractivity contribution in [2.24, 2.45) is 0 Å². The fourth-order valence-corrected chi connectivity index (χ4v) is 21.6. The Balaban J connectivity index is 0.844. The molecule has 146 heavy (non-hydrogen) atoms. The van der Waals surface area contributed by atoms with Crippen molar-refractivity contribution < 1.29 is 151 Å². The van der Waals surface area contributed by atoms with Gasteiger partial charge in [-0.3, -0.25) is 24.0 Å². The number of carboxylic acid groups (broad SMARTS) is 1. The average Bonchev–Trinajstić information content (AvgIpc) is 0.714. The topological polar surface area (TPSA) is 563 Å². The van der Waals surface area contributed by atoms with Gasteiger partial charge in [0.1, 0.15) is 103 Å². The number of nitrogens with zero attached hydrogens (tertiary/aromatic N) is 3. The third-order valence-corrected chi connectivity index (χ3v) is 29.6. The maximum Gasteiger partial charge on any atom is 0.364 e. The third-order valence-electron chi connectivity index (χ3n) is 28.9. The minimum Gasteiger partial charge on any atom is -0.748 e. The highest BCUT2D eigenvalue weighted by Gasteiger charge is 2.62. The summed E-state index contributed by atoms with van der Waals surface area (Å²) in [7, 11) is -3.28. The minimum absolute atomic E-state index is 0.0121. The van der Waals surface area contributed by atoms with E-state index in [1.54, 1.807) is 42.5 Å². The van der Waals surface area contributed by atoms with Crippen LogP contribution < -0.4 is 46.1 Å². The Morgan fingerprint density at radius 3 is 1.77 bits per heavy atom. The largest absolute Gasteiger partial charge is 0.748 e. The molecule has 39 heteroatoms. The summed E-state index contributed by atoms with van der Waals surface area (Å²) in [6.45, 7) is 14.9. The maximum atomic E-state index is 15.2. The molecular formula is C107H165N7O31S. The van der Waals surface area contributed by atoms with Gasteiger partial charge >= 0.3 is 5.97 Å². The molecule has 0 radical (unpaired) electrons. The van der Waals surface area contributed by atoms with Gasteiger partial charge in [-0.2, -0.15) is 0 Å². The molecule has 23 atom stereocenters. The summed E-state index contributed by atoms with van der Waals surface area (Å²) in [5, 5.41) is 164. The van der Waals surface area contributed by atoms with Gasteiger partial charge in [0.25, 0.3) is 11.7 Å². The van der Waals surface area contributed by atoms with Gasteiger partial charge in [-0.1, -0.05) is 204 Å². The van der Waals surface area contributed by atoms with Crippen molar-refractivity contribution in [3.8, 4) is 11.5 Å². The van der Waals surface area contributed by atoms with Crippen LogP contribution in [0.1, 0.15) is 301 Å². The molecule has 7 heterocycles. The SMILES string of the molecule is CCCCCCCCCCCCC/C=C/[C@@H](O)[C@H](CO[C@@H]1O[C@H](CO)[C@@H](O[C@@H]2O[C@H](CO)[C@H](O[C@@H]3O[C@H](CO)[C@H](O)[C@H](O)[C@H]3NC(C)=O)[C@H](O[C@]3(C(=O)O)C[C@H](O)[C@@H](NC(C)=O)[C@H]([C@H](O)[C@H](O)CNC(=O)CCCN(C)C(=O)c4ccccc4C4=c5cc6c(cc5Oc5cc7c(cc54)C(CS(=O)(=O)[O-])=CC(C)(C)N7CC)=[N+](CC)C(C)(C)C=C6)O3)[C@H]2O)[C@H](O)[C@H]1O)NC(=O)CCCCCCCCCCCCCCCCC. The number of hydrogen-bond acceptors (Lipinski definition) is 31.